The minimum Gasteiger partial charge on any atom is -0.313 e. The molecular weight excluding hydrogens is 172 g/mol. The second kappa shape index (κ2) is 3.22. The molecule has 0 saturated heterocycles. The van der Waals surface area contributed by atoms with Crippen molar-refractivity contribution in [2.45, 2.75) is 0 Å². The van der Waals surface area contributed by atoms with Crippen molar-refractivity contribution < 1.29 is 4.79 Å². The van der Waals surface area contributed by atoms with Crippen LogP contribution >= 0.6 is 0 Å². The van der Waals surface area contributed by atoms with Gasteiger partial charge in [0.15, 0.2) is 5.78 Å². The predicted octanol–water partition coefficient (Wildman–Crippen LogP) is -0.558. The third kappa shape index (κ3) is 1.48. The number of carbonyl (C=O) groups is 1. The molecule has 0 fully saturated rings. The zero-order valence-corrected chi connectivity index (χ0v) is 7.03. The van der Waals surface area contributed by atoms with Crippen molar-refractivity contribution in [1.29, 1.82) is 0 Å². The first-order valence-corrected chi connectivity index (χ1v) is 3.53. The van der Waals surface area contributed by atoms with E-state index in [0.717, 1.165) is 16.8 Å². The second-order valence-corrected chi connectivity index (χ2v) is 2.44. The Labute approximate surface area is 73.3 Å². The van der Waals surface area contributed by atoms with Crippen LogP contribution < -0.4 is 11.2 Å². The Kier molecular flexibility index (Phi) is 2.27. The summed E-state index contributed by atoms with van der Waals surface area (Å²) in [7, 11) is 1.29. The number of aromatic nitrogens is 2. The Bertz CT molecular complexity index is 467. The summed E-state index contributed by atoms with van der Waals surface area (Å²) in [5, 5.41) is 0. The van der Waals surface area contributed by atoms with Gasteiger partial charge in [-0.15, -0.1) is 0 Å². The maximum Gasteiger partial charge on any atom is 0.328 e. The Hall–Kier alpha value is -1.91. The summed E-state index contributed by atoms with van der Waals surface area (Å²) >= 11 is 0. The predicted molar refractivity (Wildman–Crippen MR) is 46.8 cm³/mol. The van der Waals surface area contributed by atoms with Crippen molar-refractivity contribution in [3.8, 4) is 0 Å². The van der Waals surface area contributed by atoms with Crippen molar-refractivity contribution in [3.05, 3.63) is 45.3 Å². The topological polar surface area (TPSA) is 71.9 Å². The van der Waals surface area contributed by atoms with Crippen molar-refractivity contribution >= 4 is 5.78 Å². The van der Waals surface area contributed by atoms with Crippen LogP contribution in [0.4, 0.5) is 0 Å². The molecule has 0 spiro atoms. The number of nitrogens with one attached hydrogen (secondary N) is 1. The van der Waals surface area contributed by atoms with Crippen LogP contribution in [-0.2, 0) is 7.05 Å². The van der Waals surface area contributed by atoms with Gasteiger partial charge in [-0.3, -0.25) is 14.2 Å². The summed E-state index contributed by atoms with van der Waals surface area (Å²) in [6.07, 6.45) is 2.11. The molecule has 1 heterocycles. The molecule has 0 aliphatic carbocycles. The molecule has 5 nitrogen and oxygen atoms in total. The van der Waals surface area contributed by atoms with Gasteiger partial charge >= 0.3 is 5.69 Å². The quantitative estimate of drug-likeness (QED) is 0.490. The molecule has 0 aliphatic rings. The van der Waals surface area contributed by atoms with E-state index < -0.39 is 17.0 Å². The minimum absolute atomic E-state index is 0.0860. The number of nitrogens with zero attached hydrogens (tertiary/aromatic N) is 1. The molecule has 0 aromatic carbocycles. The summed E-state index contributed by atoms with van der Waals surface area (Å²) in [6.45, 7) is 3.24. The molecule has 0 radical (unpaired) electrons. The van der Waals surface area contributed by atoms with Crippen molar-refractivity contribution in [2.75, 3.05) is 0 Å². The van der Waals surface area contributed by atoms with Crippen LogP contribution in [0.1, 0.15) is 10.4 Å². The van der Waals surface area contributed by atoms with E-state index in [1.807, 2.05) is 0 Å². The lowest BCUT2D eigenvalue weighted by Crippen LogP contribution is -2.35. The maximum absolute atomic E-state index is 11.3. The molecule has 5 heteroatoms. The normalized spacial score (nSPS) is 9.62. The number of rotatable bonds is 2. The molecule has 0 bridgehead atoms. The summed E-state index contributed by atoms with van der Waals surface area (Å²) < 4.78 is 0.830. The van der Waals surface area contributed by atoms with Gasteiger partial charge < -0.3 is 4.98 Å². The fraction of sp³-hybridized carbons (Fsp3) is 0.125. The lowest BCUT2D eigenvalue weighted by molar-refractivity contribution is 0.104. The molecule has 0 unspecified atom stereocenters. The van der Waals surface area contributed by atoms with E-state index in [1.54, 1.807) is 0 Å². The summed E-state index contributed by atoms with van der Waals surface area (Å²) in [5.41, 5.74) is -1.25. The van der Waals surface area contributed by atoms with Crippen molar-refractivity contribution in [2.24, 2.45) is 7.05 Å². The highest BCUT2D eigenvalue weighted by Gasteiger charge is 2.08. The number of hydrogen-bond donors (Lipinski definition) is 1. The minimum atomic E-state index is -0.617. The highest BCUT2D eigenvalue weighted by molar-refractivity contribution is 6.03. The van der Waals surface area contributed by atoms with Gasteiger partial charge in [0.2, 0.25) is 0 Å². The maximum atomic E-state index is 11.3. The van der Waals surface area contributed by atoms with Gasteiger partial charge in [-0.25, -0.2) is 4.79 Å². The van der Waals surface area contributed by atoms with Crippen LogP contribution in [0.2, 0.25) is 0 Å². The van der Waals surface area contributed by atoms with Crippen LogP contribution in [0.15, 0.2) is 28.4 Å². The van der Waals surface area contributed by atoms with Crippen LogP contribution in [0.5, 0.6) is 0 Å². The molecule has 1 rings (SSSR count). The largest absolute Gasteiger partial charge is 0.328 e. The van der Waals surface area contributed by atoms with Gasteiger partial charge in [-0.05, 0) is 6.08 Å². The highest BCUT2D eigenvalue weighted by atomic mass is 16.2. The van der Waals surface area contributed by atoms with Gasteiger partial charge in [-0.1, -0.05) is 6.58 Å². The molecule has 0 amide bonds. The fourth-order valence-electron chi connectivity index (χ4n) is 0.852. The average Bonchev–Trinajstić information content (AvgIpc) is 2.13. The monoisotopic (exact) mass is 180 g/mol. The van der Waals surface area contributed by atoms with E-state index in [4.69, 9.17) is 0 Å². The Morgan fingerprint density at radius 1 is 1.62 bits per heavy atom. The molecule has 68 valence electrons. The van der Waals surface area contributed by atoms with Crippen LogP contribution in [0, 0.1) is 0 Å². The SMILES string of the molecule is C=CC(=O)c1c[nH]c(=O)n(C)c1=O. The third-order valence-electron chi connectivity index (χ3n) is 1.63. The number of hydrogen-bond acceptors (Lipinski definition) is 3. The Balaban J connectivity index is 3.52. The van der Waals surface area contributed by atoms with E-state index in [9.17, 15) is 14.4 Å². The van der Waals surface area contributed by atoms with Crippen LogP contribution in [0.25, 0.3) is 0 Å². The van der Waals surface area contributed by atoms with Gasteiger partial charge in [0, 0.05) is 13.2 Å². The van der Waals surface area contributed by atoms with E-state index >= 15 is 0 Å². The number of H-pyrrole nitrogens is 1. The third-order valence-corrected chi connectivity index (χ3v) is 1.63. The molecule has 0 atom stereocenters. The molecule has 13 heavy (non-hydrogen) atoms. The zero-order chi connectivity index (χ0) is 10.0. The number of aromatic amines is 1. The zero-order valence-electron chi connectivity index (χ0n) is 7.03. The smallest absolute Gasteiger partial charge is 0.313 e. The molecular formula is C8H8N2O3. The van der Waals surface area contributed by atoms with E-state index in [1.165, 1.54) is 7.05 Å². The fourth-order valence-corrected chi connectivity index (χ4v) is 0.852. The van der Waals surface area contributed by atoms with Crippen LogP contribution in [0.3, 0.4) is 0 Å². The standard InChI is InChI=1S/C8H8N2O3/c1-3-6(11)5-4-9-8(13)10(2)7(5)12/h3-4H,1H2,2H3,(H,9,13). The molecule has 0 aliphatic heterocycles. The molecule has 0 saturated carbocycles. The van der Waals surface area contributed by atoms with E-state index in [0.29, 0.717) is 0 Å². The lowest BCUT2D eigenvalue weighted by Gasteiger charge is -1.97. The van der Waals surface area contributed by atoms with Gasteiger partial charge in [0.1, 0.15) is 5.56 Å². The highest BCUT2D eigenvalue weighted by Crippen LogP contribution is 1.88. The van der Waals surface area contributed by atoms with E-state index in [-0.39, 0.29) is 5.56 Å². The first-order valence-electron chi connectivity index (χ1n) is 3.53. The summed E-state index contributed by atoms with van der Waals surface area (Å²) in [6, 6.07) is 0. The average molecular weight is 180 g/mol. The van der Waals surface area contributed by atoms with E-state index in [2.05, 4.69) is 11.6 Å². The second-order valence-electron chi connectivity index (χ2n) is 2.44. The molecule has 1 aromatic rings. The molecule has 1 aromatic heterocycles. The number of carbonyl (C=O) groups excluding carboxylic acids is 1. The van der Waals surface area contributed by atoms with Crippen LogP contribution in [-0.4, -0.2) is 15.3 Å². The molecule has 1 N–H and O–H groups in total. The van der Waals surface area contributed by atoms with Gasteiger partial charge in [-0.2, -0.15) is 0 Å². The van der Waals surface area contributed by atoms with Gasteiger partial charge in [0.25, 0.3) is 5.56 Å². The Morgan fingerprint density at radius 3 is 2.77 bits per heavy atom. The number of ketones is 1. The Morgan fingerprint density at radius 2 is 2.23 bits per heavy atom. The number of allylic oxidation sites excluding steroid dienone is 1. The summed E-state index contributed by atoms with van der Waals surface area (Å²) in [4.78, 5) is 35.4. The summed E-state index contributed by atoms with van der Waals surface area (Å²) in [5.74, 6) is -0.503. The lowest BCUT2D eigenvalue weighted by atomic mass is 10.2. The van der Waals surface area contributed by atoms with Gasteiger partial charge in [0.05, 0.1) is 0 Å². The van der Waals surface area contributed by atoms with Crippen molar-refractivity contribution in [3.63, 3.8) is 0 Å². The first kappa shape index (κ1) is 9.18. The van der Waals surface area contributed by atoms with Crippen molar-refractivity contribution in [1.82, 2.24) is 9.55 Å². The first-order chi connectivity index (χ1) is 6.07.